The van der Waals surface area contributed by atoms with Crippen LogP contribution >= 0.6 is 0 Å². The van der Waals surface area contributed by atoms with E-state index in [2.05, 4.69) is 5.32 Å². The Morgan fingerprint density at radius 1 is 1.13 bits per heavy atom. The van der Waals surface area contributed by atoms with Gasteiger partial charge < -0.3 is 5.32 Å². The van der Waals surface area contributed by atoms with Gasteiger partial charge in [-0.15, -0.1) is 0 Å². The van der Waals surface area contributed by atoms with Crippen molar-refractivity contribution in [2.24, 2.45) is 0 Å². The topological polar surface area (TPSA) is 69.7 Å². The Hall–Kier alpha value is -2.22. The second-order valence-corrected chi connectivity index (χ2v) is 10.4. The van der Waals surface area contributed by atoms with E-state index in [0.29, 0.717) is 25.8 Å². The van der Waals surface area contributed by atoms with Gasteiger partial charge in [0.15, 0.2) is 0 Å². The zero-order valence-corrected chi connectivity index (χ0v) is 18.5. The number of aryl methyl sites for hydroxylation is 1. The maximum Gasteiger partial charge on any atom is 0.282 e. The summed E-state index contributed by atoms with van der Waals surface area (Å²) in [6.07, 6.45) is 1.78. The highest BCUT2D eigenvalue weighted by atomic mass is 32.2. The maximum atomic E-state index is 13.5. The molecule has 1 amide bonds. The Bertz CT molecular complexity index is 1040. The van der Waals surface area contributed by atoms with Crippen LogP contribution in [-0.4, -0.2) is 48.6 Å². The van der Waals surface area contributed by atoms with E-state index < -0.39 is 21.7 Å². The summed E-state index contributed by atoms with van der Waals surface area (Å²) in [7, 11) is -2.08. The normalized spacial score (nSPS) is 24.0. The Morgan fingerprint density at radius 2 is 1.80 bits per heavy atom. The van der Waals surface area contributed by atoms with Gasteiger partial charge in [0, 0.05) is 31.4 Å². The van der Waals surface area contributed by atoms with E-state index in [4.69, 9.17) is 0 Å². The predicted molar refractivity (Wildman–Crippen MR) is 118 cm³/mol. The molecule has 7 heteroatoms. The van der Waals surface area contributed by atoms with E-state index in [0.717, 1.165) is 16.8 Å². The van der Waals surface area contributed by atoms with Crippen LogP contribution in [0, 0.1) is 0 Å². The highest BCUT2D eigenvalue weighted by molar-refractivity contribution is 7.86. The van der Waals surface area contributed by atoms with Crippen LogP contribution in [0.2, 0.25) is 0 Å². The van der Waals surface area contributed by atoms with Crippen molar-refractivity contribution < 1.29 is 13.2 Å². The van der Waals surface area contributed by atoms with E-state index in [1.54, 1.807) is 11.4 Å². The number of benzene rings is 2. The van der Waals surface area contributed by atoms with Crippen molar-refractivity contribution in [2.75, 3.05) is 18.9 Å². The van der Waals surface area contributed by atoms with Gasteiger partial charge in [-0.25, -0.2) is 0 Å². The average molecular weight is 428 g/mol. The summed E-state index contributed by atoms with van der Waals surface area (Å²) in [5.74, 6) is -0.0911. The largest absolute Gasteiger partial charge is 0.325 e. The highest BCUT2D eigenvalue weighted by Gasteiger charge is 2.60. The minimum atomic E-state index is -3.69. The molecule has 2 aromatic carbocycles. The number of fused-ring (bicyclic) bond motifs is 2. The third-order valence-corrected chi connectivity index (χ3v) is 8.82. The molecule has 1 N–H and O–H groups in total. The molecule has 0 aliphatic carbocycles. The van der Waals surface area contributed by atoms with Gasteiger partial charge in [-0.2, -0.15) is 17.0 Å². The van der Waals surface area contributed by atoms with Gasteiger partial charge in [0.25, 0.3) is 10.2 Å². The zero-order chi connectivity index (χ0) is 21.5. The Morgan fingerprint density at radius 3 is 2.50 bits per heavy atom. The molecule has 2 atom stereocenters. The lowest BCUT2D eigenvalue weighted by atomic mass is 9.73. The quantitative estimate of drug-likeness (QED) is 0.770. The summed E-state index contributed by atoms with van der Waals surface area (Å²) in [6.45, 7) is 4.06. The smallest absolute Gasteiger partial charge is 0.282 e. The molecule has 160 valence electrons. The standard InChI is InChI=1S/C23H29N3O3S/c1-17(2)25(3)30(28,29)26-16-15-23(19-11-7-8-12-20(19)24-22(23)27)21(26)14-13-18-9-5-4-6-10-18/h4-12,17,21H,13-16H2,1-3H3,(H,24,27)/t21-,23+/m0/s1. The molecule has 0 radical (unpaired) electrons. The van der Waals surface area contributed by atoms with Crippen LogP contribution in [0.4, 0.5) is 5.69 Å². The first-order chi connectivity index (χ1) is 14.3. The first-order valence-electron chi connectivity index (χ1n) is 10.5. The van der Waals surface area contributed by atoms with Crippen molar-refractivity contribution in [2.45, 2.75) is 50.6 Å². The lowest BCUT2D eigenvalue weighted by molar-refractivity contribution is -0.121. The molecular formula is C23H29N3O3S. The van der Waals surface area contributed by atoms with Crippen molar-refractivity contribution in [3.05, 3.63) is 65.7 Å². The number of rotatable bonds is 6. The van der Waals surface area contributed by atoms with Crippen molar-refractivity contribution >= 4 is 21.8 Å². The first kappa shape index (κ1) is 21.0. The van der Waals surface area contributed by atoms with Gasteiger partial charge in [0.1, 0.15) is 0 Å². The summed E-state index contributed by atoms with van der Waals surface area (Å²) in [4.78, 5) is 13.3. The van der Waals surface area contributed by atoms with E-state index in [-0.39, 0.29) is 11.9 Å². The number of nitrogens with one attached hydrogen (secondary N) is 1. The third kappa shape index (κ3) is 3.25. The van der Waals surface area contributed by atoms with Gasteiger partial charge in [0.05, 0.1) is 5.41 Å². The third-order valence-electron chi connectivity index (χ3n) is 6.64. The van der Waals surface area contributed by atoms with E-state index >= 15 is 0 Å². The number of hydrogen-bond donors (Lipinski definition) is 1. The lowest BCUT2D eigenvalue weighted by Gasteiger charge is -2.36. The molecule has 1 spiro atoms. The second-order valence-electron chi connectivity index (χ2n) is 8.49. The molecule has 30 heavy (non-hydrogen) atoms. The van der Waals surface area contributed by atoms with Gasteiger partial charge in [-0.05, 0) is 50.3 Å². The number of anilines is 1. The number of carbonyl (C=O) groups is 1. The molecule has 0 bridgehead atoms. The average Bonchev–Trinajstić information content (AvgIpc) is 3.26. The molecule has 6 nitrogen and oxygen atoms in total. The highest BCUT2D eigenvalue weighted by Crippen LogP contribution is 2.50. The maximum absolute atomic E-state index is 13.5. The van der Waals surface area contributed by atoms with Crippen molar-refractivity contribution in [1.29, 1.82) is 0 Å². The molecule has 0 saturated carbocycles. The van der Waals surface area contributed by atoms with Crippen LogP contribution in [-0.2, 0) is 26.8 Å². The monoisotopic (exact) mass is 427 g/mol. The van der Waals surface area contributed by atoms with Crippen LogP contribution in [0.5, 0.6) is 0 Å². The molecular weight excluding hydrogens is 398 g/mol. The summed E-state index contributed by atoms with van der Waals surface area (Å²) in [5.41, 5.74) is 2.00. The van der Waals surface area contributed by atoms with Gasteiger partial charge in [0.2, 0.25) is 5.91 Å². The Balaban J connectivity index is 1.76. The molecule has 2 heterocycles. The number of para-hydroxylation sites is 1. The molecule has 1 saturated heterocycles. The molecule has 2 aliphatic rings. The molecule has 4 rings (SSSR count). The molecule has 2 aromatic rings. The SMILES string of the molecule is CC(C)N(C)S(=O)(=O)N1CC[C@]2(C(=O)Nc3ccccc32)[C@@H]1CCc1ccccc1. The van der Waals surface area contributed by atoms with Crippen molar-refractivity contribution in [1.82, 2.24) is 8.61 Å². The minimum Gasteiger partial charge on any atom is -0.325 e. The summed E-state index contributed by atoms with van der Waals surface area (Å²) in [5, 5.41) is 3.01. The molecule has 1 fully saturated rings. The molecule has 2 aliphatic heterocycles. The minimum absolute atomic E-state index is 0.0911. The van der Waals surface area contributed by atoms with E-state index in [1.165, 1.54) is 4.31 Å². The van der Waals surface area contributed by atoms with Crippen LogP contribution < -0.4 is 5.32 Å². The Kier molecular flexibility index (Phi) is 5.46. The predicted octanol–water partition coefficient (Wildman–Crippen LogP) is 3.17. The van der Waals surface area contributed by atoms with E-state index in [1.807, 2.05) is 68.4 Å². The zero-order valence-electron chi connectivity index (χ0n) is 17.7. The summed E-state index contributed by atoms with van der Waals surface area (Å²) < 4.78 is 29.9. The van der Waals surface area contributed by atoms with Crippen molar-refractivity contribution in [3.63, 3.8) is 0 Å². The van der Waals surface area contributed by atoms with E-state index in [9.17, 15) is 13.2 Å². The van der Waals surface area contributed by atoms with Crippen LogP contribution in [0.25, 0.3) is 0 Å². The van der Waals surface area contributed by atoms with Gasteiger partial charge in [-0.1, -0.05) is 48.5 Å². The van der Waals surface area contributed by atoms with Crippen LogP contribution in [0.3, 0.4) is 0 Å². The summed E-state index contributed by atoms with van der Waals surface area (Å²) in [6, 6.07) is 17.1. The fourth-order valence-electron chi connectivity index (χ4n) is 4.82. The van der Waals surface area contributed by atoms with Crippen LogP contribution in [0.1, 0.15) is 37.8 Å². The fourth-order valence-corrected chi connectivity index (χ4v) is 6.61. The number of carbonyl (C=O) groups excluding carboxylic acids is 1. The fraction of sp³-hybridized carbons (Fsp3) is 0.435. The number of nitrogens with zero attached hydrogens (tertiary/aromatic N) is 2. The second kappa shape index (κ2) is 7.80. The number of hydrogen-bond acceptors (Lipinski definition) is 3. The Labute approximate surface area is 179 Å². The van der Waals surface area contributed by atoms with Crippen LogP contribution in [0.15, 0.2) is 54.6 Å². The van der Waals surface area contributed by atoms with Gasteiger partial charge >= 0.3 is 0 Å². The van der Waals surface area contributed by atoms with Crippen molar-refractivity contribution in [3.8, 4) is 0 Å². The first-order valence-corrected chi connectivity index (χ1v) is 11.9. The molecule has 0 aromatic heterocycles. The lowest BCUT2D eigenvalue weighted by Crippen LogP contribution is -2.52. The molecule has 0 unspecified atom stereocenters. The number of amides is 1. The van der Waals surface area contributed by atoms with Gasteiger partial charge in [-0.3, -0.25) is 4.79 Å². The summed E-state index contributed by atoms with van der Waals surface area (Å²) >= 11 is 0.